The third-order valence-corrected chi connectivity index (χ3v) is 2.26. The number of halogens is 1. The molecule has 1 unspecified atom stereocenters. The van der Waals surface area contributed by atoms with Crippen molar-refractivity contribution in [2.45, 2.75) is 33.2 Å². The Morgan fingerprint density at radius 2 is 2.25 bits per heavy atom. The summed E-state index contributed by atoms with van der Waals surface area (Å²) in [6.45, 7) is 6.45. The summed E-state index contributed by atoms with van der Waals surface area (Å²) in [6, 6.07) is 2.10. The highest BCUT2D eigenvalue weighted by atomic mass is 35.5. The first-order valence-electron chi connectivity index (χ1n) is 5.46. The Morgan fingerprint density at radius 1 is 1.50 bits per heavy atom. The second-order valence-corrected chi connectivity index (χ2v) is 3.97. The molecule has 0 amide bonds. The van der Waals surface area contributed by atoms with Gasteiger partial charge < -0.3 is 10.1 Å². The van der Waals surface area contributed by atoms with Gasteiger partial charge in [0, 0.05) is 18.0 Å². The van der Waals surface area contributed by atoms with Gasteiger partial charge in [0.25, 0.3) is 0 Å². The quantitative estimate of drug-likeness (QED) is 0.781. The molecule has 1 rings (SSSR count). The molecule has 4 nitrogen and oxygen atoms in total. The van der Waals surface area contributed by atoms with Gasteiger partial charge in [0.05, 0.1) is 6.61 Å². The van der Waals surface area contributed by atoms with Crippen LogP contribution < -0.4 is 10.1 Å². The minimum atomic E-state index is 0.293. The Hall–Kier alpha value is -1.03. The second-order valence-electron chi connectivity index (χ2n) is 3.59. The van der Waals surface area contributed by atoms with Crippen LogP contribution in [-0.4, -0.2) is 28.5 Å². The molecule has 1 heterocycles. The molecule has 0 bridgehead atoms. The predicted octanol–water partition coefficient (Wildman–Crippen LogP) is 2.61. The lowest BCUT2D eigenvalue weighted by Crippen LogP contribution is -2.17. The number of rotatable bonds is 6. The third kappa shape index (κ3) is 4.23. The van der Waals surface area contributed by atoms with Crippen LogP contribution in [0.4, 0.5) is 5.82 Å². The van der Waals surface area contributed by atoms with E-state index >= 15 is 0 Å². The minimum Gasteiger partial charge on any atom is -0.478 e. The Morgan fingerprint density at radius 3 is 2.88 bits per heavy atom. The summed E-state index contributed by atoms with van der Waals surface area (Å²) in [6.07, 6.45) is 0.897. The summed E-state index contributed by atoms with van der Waals surface area (Å²) in [5.74, 6) is 2.73. The summed E-state index contributed by atoms with van der Waals surface area (Å²) in [7, 11) is 0. The fourth-order valence-electron chi connectivity index (χ4n) is 1.32. The van der Waals surface area contributed by atoms with Crippen LogP contribution in [0.3, 0.4) is 0 Å². The van der Waals surface area contributed by atoms with Crippen LogP contribution in [0.5, 0.6) is 5.88 Å². The van der Waals surface area contributed by atoms with Gasteiger partial charge in [-0.2, -0.15) is 4.98 Å². The van der Waals surface area contributed by atoms with E-state index in [1.807, 2.05) is 13.8 Å². The monoisotopic (exact) mass is 243 g/mol. The number of alkyl halides is 1. The maximum atomic E-state index is 5.68. The molecule has 1 N–H and O–H groups in total. The van der Waals surface area contributed by atoms with Crippen LogP contribution >= 0.6 is 11.6 Å². The highest BCUT2D eigenvalue weighted by Crippen LogP contribution is 2.14. The molecule has 0 saturated heterocycles. The smallest absolute Gasteiger partial charge is 0.218 e. The normalized spacial score (nSPS) is 12.2. The maximum Gasteiger partial charge on any atom is 0.218 e. The molecule has 0 saturated carbocycles. The molecule has 5 heteroatoms. The highest BCUT2D eigenvalue weighted by molar-refractivity contribution is 6.17. The average molecular weight is 244 g/mol. The van der Waals surface area contributed by atoms with E-state index < -0.39 is 0 Å². The Labute approximate surface area is 101 Å². The van der Waals surface area contributed by atoms with Gasteiger partial charge in [0.15, 0.2) is 0 Å². The Balaban J connectivity index is 2.71. The fourth-order valence-corrected chi connectivity index (χ4v) is 1.65. The van der Waals surface area contributed by atoms with E-state index in [0.29, 0.717) is 30.2 Å². The van der Waals surface area contributed by atoms with Crippen molar-refractivity contribution in [1.82, 2.24) is 9.97 Å². The summed E-state index contributed by atoms with van der Waals surface area (Å²) in [5, 5.41) is 3.27. The number of aryl methyl sites for hydroxylation is 1. The van der Waals surface area contributed by atoms with Crippen molar-refractivity contribution in [3.05, 3.63) is 11.9 Å². The number of nitrogens with zero attached hydrogens (tertiary/aromatic N) is 2. The Bertz CT molecular complexity index is 333. The van der Waals surface area contributed by atoms with Gasteiger partial charge in [-0.25, -0.2) is 4.98 Å². The summed E-state index contributed by atoms with van der Waals surface area (Å²) >= 11 is 5.68. The van der Waals surface area contributed by atoms with Crippen molar-refractivity contribution in [3.8, 4) is 5.88 Å². The van der Waals surface area contributed by atoms with Gasteiger partial charge in [-0.1, -0.05) is 0 Å². The number of hydrogen-bond donors (Lipinski definition) is 1. The molecule has 0 aromatic carbocycles. The maximum absolute atomic E-state index is 5.68. The van der Waals surface area contributed by atoms with Gasteiger partial charge in [0.1, 0.15) is 11.6 Å². The van der Waals surface area contributed by atoms with Crippen LogP contribution in [0, 0.1) is 6.92 Å². The van der Waals surface area contributed by atoms with Crippen molar-refractivity contribution >= 4 is 17.4 Å². The standard InChI is InChI=1S/C11H18ClN3O/c1-4-16-11-7-10(14-9(3)15-11)13-8(2)5-6-12/h7-8H,4-6H2,1-3H3,(H,13,14,15). The van der Waals surface area contributed by atoms with Crippen molar-refractivity contribution in [2.75, 3.05) is 17.8 Å². The van der Waals surface area contributed by atoms with Gasteiger partial charge in [-0.15, -0.1) is 11.6 Å². The Kier molecular flexibility index (Phi) is 5.32. The minimum absolute atomic E-state index is 0.293. The average Bonchev–Trinajstić information content (AvgIpc) is 2.17. The predicted molar refractivity (Wildman–Crippen MR) is 66.4 cm³/mol. The number of aromatic nitrogens is 2. The molecule has 0 aliphatic rings. The molecular weight excluding hydrogens is 226 g/mol. The van der Waals surface area contributed by atoms with E-state index in [0.717, 1.165) is 12.2 Å². The van der Waals surface area contributed by atoms with Gasteiger partial charge >= 0.3 is 0 Å². The molecule has 1 aromatic rings. The van der Waals surface area contributed by atoms with E-state index in [1.165, 1.54) is 0 Å². The van der Waals surface area contributed by atoms with Gasteiger partial charge in [-0.05, 0) is 27.2 Å². The first kappa shape index (κ1) is 13.0. The van der Waals surface area contributed by atoms with Crippen molar-refractivity contribution in [1.29, 1.82) is 0 Å². The molecule has 0 spiro atoms. The van der Waals surface area contributed by atoms with Crippen molar-refractivity contribution < 1.29 is 4.74 Å². The summed E-state index contributed by atoms with van der Waals surface area (Å²) in [4.78, 5) is 8.47. The first-order valence-corrected chi connectivity index (χ1v) is 6.00. The van der Waals surface area contributed by atoms with E-state index in [4.69, 9.17) is 16.3 Å². The molecule has 0 radical (unpaired) electrons. The van der Waals surface area contributed by atoms with Crippen LogP contribution in [0.15, 0.2) is 6.07 Å². The zero-order valence-corrected chi connectivity index (χ0v) is 10.7. The van der Waals surface area contributed by atoms with Gasteiger partial charge in [0.2, 0.25) is 5.88 Å². The molecular formula is C11H18ClN3O. The molecule has 1 atom stereocenters. The van der Waals surface area contributed by atoms with E-state index in [2.05, 4.69) is 22.2 Å². The lowest BCUT2D eigenvalue weighted by atomic mass is 10.2. The van der Waals surface area contributed by atoms with E-state index in [9.17, 15) is 0 Å². The SMILES string of the molecule is CCOc1cc(NC(C)CCCl)nc(C)n1. The van der Waals surface area contributed by atoms with Crippen LogP contribution in [0.1, 0.15) is 26.1 Å². The van der Waals surface area contributed by atoms with Crippen LogP contribution in [-0.2, 0) is 0 Å². The largest absolute Gasteiger partial charge is 0.478 e. The van der Waals surface area contributed by atoms with Gasteiger partial charge in [-0.3, -0.25) is 0 Å². The highest BCUT2D eigenvalue weighted by Gasteiger charge is 2.05. The van der Waals surface area contributed by atoms with Crippen LogP contribution in [0.25, 0.3) is 0 Å². The molecule has 0 aliphatic carbocycles. The fraction of sp³-hybridized carbons (Fsp3) is 0.636. The van der Waals surface area contributed by atoms with E-state index in [1.54, 1.807) is 6.07 Å². The molecule has 0 fully saturated rings. The molecule has 16 heavy (non-hydrogen) atoms. The number of anilines is 1. The zero-order chi connectivity index (χ0) is 12.0. The topological polar surface area (TPSA) is 47.0 Å². The summed E-state index contributed by atoms with van der Waals surface area (Å²) < 4.78 is 5.35. The number of nitrogens with one attached hydrogen (secondary N) is 1. The number of ether oxygens (including phenoxy) is 1. The molecule has 90 valence electrons. The zero-order valence-electron chi connectivity index (χ0n) is 9.96. The number of hydrogen-bond acceptors (Lipinski definition) is 4. The third-order valence-electron chi connectivity index (χ3n) is 2.04. The lowest BCUT2D eigenvalue weighted by molar-refractivity contribution is 0.325. The van der Waals surface area contributed by atoms with Crippen molar-refractivity contribution in [3.63, 3.8) is 0 Å². The first-order chi connectivity index (χ1) is 7.65. The van der Waals surface area contributed by atoms with Crippen LogP contribution in [0.2, 0.25) is 0 Å². The van der Waals surface area contributed by atoms with Crippen molar-refractivity contribution in [2.24, 2.45) is 0 Å². The summed E-state index contributed by atoms with van der Waals surface area (Å²) in [5.41, 5.74) is 0. The van der Waals surface area contributed by atoms with E-state index in [-0.39, 0.29) is 0 Å². The second kappa shape index (κ2) is 6.53. The lowest BCUT2D eigenvalue weighted by Gasteiger charge is -2.14. The molecule has 1 aromatic heterocycles. The molecule has 0 aliphatic heterocycles.